The van der Waals surface area contributed by atoms with Crippen LogP contribution in [0.15, 0.2) is 29.3 Å². The second-order valence-corrected chi connectivity index (χ2v) is 7.37. The van der Waals surface area contributed by atoms with Crippen molar-refractivity contribution in [1.82, 2.24) is 16.0 Å². The summed E-state index contributed by atoms with van der Waals surface area (Å²) in [4.78, 5) is 16.7. The van der Waals surface area contributed by atoms with Crippen LogP contribution in [-0.2, 0) is 16.0 Å². The van der Waals surface area contributed by atoms with Crippen LogP contribution in [0.1, 0.15) is 38.2 Å². The average molecular weight is 520 g/mol. The molecule has 1 fully saturated rings. The molecule has 0 saturated heterocycles. The molecule has 0 heterocycles. The molecule has 0 spiro atoms. The summed E-state index contributed by atoms with van der Waals surface area (Å²) in [5.74, 6) is 0.400. The smallest absolute Gasteiger partial charge is 0.224 e. The molecular formula is C21H34FIN4O2. The molecule has 3 N–H and O–H groups in total. The van der Waals surface area contributed by atoms with Crippen LogP contribution in [0.2, 0.25) is 0 Å². The molecule has 164 valence electrons. The second kappa shape index (κ2) is 13.7. The normalized spacial score (nSPS) is 15.1. The van der Waals surface area contributed by atoms with Gasteiger partial charge in [-0.05, 0) is 49.3 Å². The lowest BCUT2D eigenvalue weighted by atomic mass is 9.67. The molecular weight excluding hydrogens is 486 g/mol. The Morgan fingerprint density at radius 1 is 1.17 bits per heavy atom. The Bertz CT molecular complexity index is 636. The van der Waals surface area contributed by atoms with E-state index < -0.39 is 0 Å². The minimum Gasteiger partial charge on any atom is -0.385 e. The number of hydrogen-bond donors (Lipinski definition) is 3. The summed E-state index contributed by atoms with van der Waals surface area (Å²) in [6.07, 6.45) is 4.98. The lowest BCUT2D eigenvalue weighted by Gasteiger charge is -2.40. The first kappa shape index (κ1) is 25.6. The number of amides is 1. The number of carbonyl (C=O) groups excluding carboxylic acids is 1. The molecule has 0 bridgehead atoms. The molecule has 29 heavy (non-hydrogen) atoms. The number of guanidine groups is 1. The van der Waals surface area contributed by atoms with Crippen LogP contribution in [0.25, 0.3) is 0 Å². The second-order valence-electron chi connectivity index (χ2n) is 7.37. The van der Waals surface area contributed by atoms with E-state index in [0.717, 1.165) is 37.6 Å². The number of nitrogens with one attached hydrogen (secondary N) is 3. The van der Waals surface area contributed by atoms with Gasteiger partial charge in [0.2, 0.25) is 5.91 Å². The van der Waals surface area contributed by atoms with Crippen molar-refractivity contribution in [3.8, 4) is 0 Å². The lowest BCUT2D eigenvalue weighted by Crippen LogP contribution is -2.43. The maximum Gasteiger partial charge on any atom is 0.224 e. The first-order chi connectivity index (χ1) is 13.6. The molecule has 1 amide bonds. The van der Waals surface area contributed by atoms with E-state index in [0.29, 0.717) is 13.1 Å². The van der Waals surface area contributed by atoms with Crippen LogP contribution >= 0.6 is 24.0 Å². The van der Waals surface area contributed by atoms with Gasteiger partial charge >= 0.3 is 0 Å². The van der Waals surface area contributed by atoms with Crippen LogP contribution in [0.3, 0.4) is 0 Å². The minimum atomic E-state index is -0.297. The molecule has 1 aliphatic carbocycles. The predicted octanol–water partition coefficient (Wildman–Crippen LogP) is 2.86. The molecule has 6 nitrogen and oxygen atoms in total. The summed E-state index contributed by atoms with van der Waals surface area (Å²) >= 11 is 0. The zero-order valence-corrected chi connectivity index (χ0v) is 19.8. The van der Waals surface area contributed by atoms with E-state index in [1.54, 1.807) is 19.2 Å². The monoisotopic (exact) mass is 520 g/mol. The third kappa shape index (κ3) is 9.29. The van der Waals surface area contributed by atoms with Gasteiger partial charge in [0.05, 0.1) is 6.42 Å². The maximum atomic E-state index is 12.9. The molecule has 0 radical (unpaired) electrons. The van der Waals surface area contributed by atoms with Crippen molar-refractivity contribution >= 4 is 35.8 Å². The van der Waals surface area contributed by atoms with Gasteiger partial charge < -0.3 is 20.7 Å². The van der Waals surface area contributed by atoms with Crippen molar-refractivity contribution in [1.29, 1.82) is 0 Å². The molecule has 8 heteroatoms. The Labute approximate surface area is 190 Å². The zero-order chi connectivity index (χ0) is 20.2. The van der Waals surface area contributed by atoms with Crippen molar-refractivity contribution in [2.45, 2.75) is 39.0 Å². The standard InChI is InChI=1S/C21H33FN4O2.HI/c1-3-23-20(26-16-21(9-4-10-21)11-14-28-2)25-13-12-24-19(27)15-17-5-7-18(22)8-6-17;/h5-8H,3-4,9-16H2,1-2H3,(H,24,27)(H2,23,25,26);1H. The topological polar surface area (TPSA) is 74.8 Å². The van der Waals surface area contributed by atoms with Crippen molar-refractivity contribution in [3.63, 3.8) is 0 Å². The number of carbonyl (C=O) groups is 1. The fraction of sp³-hybridized carbons (Fsp3) is 0.619. The Balaban J connectivity index is 0.00000420. The van der Waals surface area contributed by atoms with Crippen LogP contribution < -0.4 is 16.0 Å². The maximum absolute atomic E-state index is 12.9. The summed E-state index contributed by atoms with van der Waals surface area (Å²) in [6, 6.07) is 5.99. The minimum absolute atomic E-state index is 0. The summed E-state index contributed by atoms with van der Waals surface area (Å²) < 4.78 is 18.1. The van der Waals surface area contributed by atoms with Gasteiger partial charge in [0.15, 0.2) is 5.96 Å². The largest absolute Gasteiger partial charge is 0.385 e. The third-order valence-corrected chi connectivity index (χ3v) is 5.19. The summed E-state index contributed by atoms with van der Waals surface area (Å²) in [6.45, 7) is 5.48. The summed E-state index contributed by atoms with van der Waals surface area (Å²) in [7, 11) is 1.74. The van der Waals surface area contributed by atoms with Gasteiger partial charge in [-0.1, -0.05) is 18.6 Å². The van der Waals surface area contributed by atoms with Gasteiger partial charge in [-0.25, -0.2) is 4.39 Å². The van der Waals surface area contributed by atoms with Gasteiger partial charge in [0.25, 0.3) is 0 Å². The number of nitrogens with zero attached hydrogens (tertiary/aromatic N) is 1. The summed E-state index contributed by atoms with van der Waals surface area (Å²) in [5.41, 5.74) is 1.07. The van der Waals surface area contributed by atoms with Gasteiger partial charge in [0.1, 0.15) is 5.82 Å². The van der Waals surface area contributed by atoms with Crippen molar-refractivity contribution in [2.24, 2.45) is 10.4 Å². The highest BCUT2D eigenvalue weighted by molar-refractivity contribution is 14.0. The van der Waals surface area contributed by atoms with Gasteiger partial charge in [-0.15, -0.1) is 24.0 Å². The Morgan fingerprint density at radius 2 is 1.86 bits per heavy atom. The number of hydrogen-bond acceptors (Lipinski definition) is 3. The molecule has 1 saturated carbocycles. The van der Waals surface area contributed by atoms with E-state index in [-0.39, 0.29) is 47.5 Å². The van der Waals surface area contributed by atoms with Crippen molar-refractivity contribution in [3.05, 3.63) is 35.6 Å². The molecule has 0 atom stereocenters. The van der Waals surface area contributed by atoms with Crippen LogP contribution in [0.5, 0.6) is 0 Å². The number of rotatable bonds is 11. The number of aliphatic imine (C=N–C) groups is 1. The average Bonchev–Trinajstić information content (AvgIpc) is 2.65. The SMILES string of the molecule is CCNC(=NCC1(CCOC)CCC1)NCCNC(=O)Cc1ccc(F)cc1.I. The Morgan fingerprint density at radius 3 is 2.45 bits per heavy atom. The van der Waals surface area contributed by atoms with Crippen LogP contribution in [0.4, 0.5) is 4.39 Å². The van der Waals surface area contributed by atoms with E-state index in [1.807, 2.05) is 6.92 Å². The first-order valence-electron chi connectivity index (χ1n) is 10.1. The quantitative estimate of drug-likeness (QED) is 0.182. The highest BCUT2D eigenvalue weighted by Gasteiger charge is 2.36. The first-order valence-corrected chi connectivity index (χ1v) is 10.1. The lowest BCUT2D eigenvalue weighted by molar-refractivity contribution is -0.120. The Kier molecular flexibility index (Phi) is 12.1. The third-order valence-electron chi connectivity index (χ3n) is 5.19. The predicted molar refractivity (Wildman–Crippen MR) is 125 cm³/mol. The van der Waals surface area contributed by atoms with Crippen LogP contribution in [0, 0.1) is 11.2 Å². The van der Waals surface area contributed by atoms with E-state index in [2.05, 4.69) is 16.0 Å². The van der Waals surface area contributed by atoms with Crippen LogP contribution in [-0.4, -0.2) is 51.8 Å². The molecule has 0 aliphatic heterocycles. The molecule has 1 aromatic carbocycles. The number of halogens is 2. The Hall–Kier alpha value is -1.42. The van der Waals surface area contributed by atoms with E-state index in [1.165, 1.54) is 31.4 Å². The molecule has 1 aliphatic rings. The van der Waals surface area contributed by atoms with Gasteiger partial charge in [-0.2, -0.15) is 0 Å². The number of ether oxygens (including phenoxy) is 1. The number of benzene rings is 1. The highest BCUT2D eigenvalue weighted by Crippen LogP contribution is 2.44. The zero-order valence-electron chi connectivity index (χ0n) is 17.4. The molecule has 2 rings (SSSR count). The highest BCUT2D eigenvalue weighted by atomic mass is 127. The molecule has 0 aromatic heterocycles. The molecule has 0 unspecified atom stereocenters. The fourth-order valence-corrected chi connectivity index (χ4v) is 3.30. The van der Waals surface area contributed by atoms with E-state index in [9.17, 15) is 9.18 Å². The van der Waals surface area contributed by atoms with E-state index in [4.69, 9.17) is 9.73 Å². The van der Waals surface area contributed by atoms with Gasteiger partial charge in [-0.3, -0.25) is 9.79 Å². The van der Waals surface area contributed by atoms with Crippen molar-refractivity contribution < 1.29 is 13.9 Å². The number of methoxy groups -OCH3 is 1. The summed E-state index contributed by atoms with van der Waals surface area (Å²) in [5, 5.41) is 9.39. The fourth-order valence-electron chi connectivity index (χ4n) is 3.30. The van der Waals surface area contributed by atoms with Gasteiger partial charge in [0, 0.05) is 39.9 Å². The van der Waals surface area contributed by atoms with Crippen molar-refractivity contribution in [2.75, 3.05) is 39.9 Å². The molecule has 1 aromatic rings. The van der Waals surface area contributed by atoms with E-state index >= 15 is 0 Å².